The van der Waals surface area contributed by atoms with Gasteiger partial charge in [-0.3, -0.25) is 4.98 Å². The lowest BCUT2D eigenvalue weighted by molar-refractivity contribution is 0.0893. The van der Waals surface area contributed by atoms with Crippen LogP contribution in [0.3, 0.4) is 0 Å². The van der Waals surface area contributed by atoms with Gasteiger partial charge in [-0.1, -0.05) is 13.8 Å². The van der Waals surface area contributed by atoms with Crippen LogP contribution in [0.5, 0.6) is 0 Å². The minimum atomic E-state index is 0.354. The summed E-state index contributed by atoms with van der Waals surface area (Å²) in [5, 5.41) is 3.47. The standard InChI is InChI=1S/C15H25N3O/c1-12(2)17-10-13-9-16-7-6-15(13)18-8-4-5-14(11-18)19-3/h6-7,9,12,14,17H,4-5,8,10-11H2,1-3H3. The fourth-order valence-electron chi connectivity index (χ4n) is 2.53. The predicted octanol–water partition coefficient (Wildman–Crippen LogP) is 2.19. The van der Waals surface area contributed by atoms with Gasteiger partial charge in [0.1, 0.15) is 0 Å². The molecule has 1 aliphatic heterocycles. The number of nitrogens with zero attached hydrogens (tertiary/aromatic N) is 2. The number of ether oxygens (including phenoxy) is 1. The zero-order valence-corrected chi connectivity index (χ0v) is 12.2. The highest BCUT2D eigenvalue weighted by Gasteiger charge is 2.21. The molecule has 1 N–H and O–H groups in total. The molecule has 106 valence electrons. The summed E-state index contributed by atoms with van der Waals surface area (Å²) >= 11 is 0. The number of hydrogen-bond donors (Lipinski definition) is 1. The number of piperidine rings is 1. The Kier molecular flexibility index (Phi) is 5.16. The van der Waals surface area contributed by atoms with Crippen LogP contribution in [0.2, 0.25) is 0 Å². The fraction of sp³-hybridized carbons (Fsp3) is 0.667. The highest BCUT2D eigenvalue weighted by Crippen LogP contribution is 2.24. The molecule has 4 heteroatoms. The molecule has 1 fully saturated rings. The summed E-state index contributed by atoms with van der Waals surface area (Å²) in [5.74, 6) is 0. The van der Waals surface area contributed by atoms with Gasteiger partial charge in [-0.15, -0.1) is 0 Å². The first-order chi connectivity index (χ1) is 9.20. The number of rotatable bonds is 5. The van der Waals surface area contributed by atoms with E-state index in [1.54, 1.807) is 0 Å². The van der Waals surface area contributed by atoms with Gasteiger partial charge in [0, 0.05) is 56.4 Å². The Bertz CT molecular complexity index is 395. The van der Waals surface area contributed by atoms with E-state index in [0.29, 0.717) is 12.1 Å². The predicted molar refractivity (Wildman–Crippen MR) is 78.5 cm³/mol. The van der Waals surface area contributed by atoms with Crippen LogP contribution in [0.25, 0.3) is 0 Å². The average molecular weight is 263 g/mol. The number of nitrogens with one attached hydrogen (secondary N) is 1. The Balaban J connectivity index is 2.09. The Morgan fingerprint density at radius 2 is 2.37 bits per heavy atom. The minimum Gasteiger partial charge on any atom is -0.380 e. The number of methoxy groups -OCH3 is 1. The molecule has 1 aromatic heterocycles. The van der Waals surface area contributed by atoms with Gasteiger partial charge in [0.25, 0.3) is 0 Å². The fourth-order valence-corrected chi connectivity index (χ4v) is 2.53. The first-order valence-corrected chi connectivity index (χ1v) is 7.14. The average Bonchev–Trinajstić information content (AvgIpc) is 2.45. The second-order valence-corrected chi connectivity index (χ2v) is 5.49. The number of aromatic nitrogens is 1. The maximum atomic E-state index is 5.51. The monoisotopic (exact) mass is 263 g/mol. The molecule has 1 unspecified atom stereocenters. The first-order valence-electron chi connectivity index (χ1n) is 7.14. The summed E-state index contributed by atoms with van der Waals surface area (Å²) in [7, 11) is 1.81. The Hall–Kier alpha value is -1.13. The topological polar surface area (TPSA) is 37.4 Å². The van der Waals surface area contributed by atoms with Crippen LogP contribution in [0, 0.1) is 0 Å². The zero-order valence-electron chi connectivity index (χ0n) is 12.2. The quantitative estimate of drug-likeness (QED) is 0.883. The normalized spacial score (nSPS) is 20.0. The summed E-state index contributed by atoms with van der Waals surface area (Å²) < 4.78 is 5.51. The molecule has 0 aromatic carbocycles. The van der Waals surface area contributed by atoms with Crippen LogP contribution in [0.1, 0.15) is 32.3 Å². The van der Waals surface area contributed by atoms with E-state index in [2.05, 4.69) is 35.1 Å². The van der Waals surface area contributed by atoms with Gasteiger partial charge in [0.05, 0.1) is 6.10 Å². The van der Waals surface area contributed by atoms with Crippen molar-refractivity contribution in [2.24, 2.45) is 0 Å². The molecule has 1 saturated heterocycles. The molecule has 1 aliphatic rings. The Morgan fingerprint density at radius 1 is 1.53 bits per heavy atom. The van der Waals surface area contributed by atoms with Gasteiger partial charge in [0.15, 0.2) is 0 Å². The Morgan fingerprint density at radius 3 is 3.11 bits per heavy atom. The summed E-state index contributed by atoms with van der Waals surface area (Å²) in [5.41, 5.74) is 2.57. The molecule has 0 bridgehead atoms. The highest BCUT2D eigenvalue weighted by atomic mass is 16.5. The zero-order chi connectivity index (χ0) is 13.7. The second kappa shape index (κ2) is 6.87. The van der Waals surface area contributed by atoms with E-state index in [9.17, 15) is 0 Å². The molecule has 1 aromatic rings. The molecule has 0 radical (unpaired) electrons. The van der Waals surface area contributed by atoms with Gasteiger partial charge in [-0.2, -0.15) is 0 Å². The first kappa shape index (κ1) is 14.3. The number of pyridine rings is 1. The lowest BCUT2D eigenvalue weighted by atomic mass is 10.1. The summed E-state index contributed by atoms with van der Waals surface area (Å²) in [6.07, 6.45) is 6.56. The summed E-state index contributed by atoms with van der Waals surface area (Å²) in [6.45, 7) is 7.29. The van der Waals surface area contributed by atoms with E-state index in [0.717, 1.165) is 26.1 Å². The third kappa shape index (κ3) is 3.91. The third-order valence-corrected chi connectivity index (χ3v) is 3.63. The van der Waals surface area contributed by atoms with Crippen molar-refractivity contribution in [1.29, 1.82) is 0 Å². The molecule has 2 heterocycles. The summed E-state index contributed by atoms with van der Waals surface area (Å²) in [4.78, 5) is 6.69. The van der Waals surface area contributed by atoms with E-state index in [4.69, 9.17) is 4.74 Å². The van der Waals surface area contributed by atoms with Gasteiger partial charge < -0.3 is 15.0 Å². The number of anilines is 1. The minimum absolute atomic E-state index is 0.354. The van der Waals surface area contributed by atoms with E-state index in [1.807, 2.05) is 19.5 Å². The SMILES string of the molecule is COC1CCCN(c2ccncc2CNC(C)C)C1. The van der Waals surface area contributed by atoms with Crippen LogP contribution >= 0.6 is 0 Å². The van der Waals surface area contributed by atoms with Crippen LogP contribution in [-0.2, 0) is 11.3 Å². The van der Waals surface area contributed by atoms with Crippen molar-refractivity contribution >= 4 is 5.69 Å². The van der Waals surface area contributed by atoms with E-state index >= 15 is 0 Å². The van der Waals surface area contributed by atoms with Crippen molar-refractivity contribution in [1.82, 2.24) is 10.3 Å². The molecule has 19 heavy (non-hydrogen) atoms. The largest absolute Gasteiger partial charge is 0.380 e. The smallest absolute Gasteiger partial charge is 0.0746 e. The van der Waals surface area contributed by atoms with Crippen LogP contribution in [0.4, 0.5) is 5.69 Å². The van der Waals surface area contributed by atoms with Crippen molar-refractivity contribution in [3.63, 3.8) is 0 Å². The molecule has 0 spiro atoms. The van der Waals surface area contributed by atoms with Crippen molar-refractivity contribution < 1.29 is 4.74 Å². The highest BCUT2D eigenvalue weighted by molar-refractivity contribution is 5.52. The van der Waals surface area contributed by atoms with Gasteiger partial charge in [0.2, 0.25) is 0 Å². The molecule has 0 amide bonds. The maximum Gasteiger partial charge on any atom is 0.0746 e. The lowest BCUT2D eigenvalue weighted by Gasteiger charge is -2.34. The Labute approximate surface area is 116 Å². The molecular formula is C15H25N3O. The lowest BCUT2D eigenvalue weighted by Crippen LogP contribution is -2.40. The summed E-state index contributed by atoms with van der Waals surface area (Å²) in [6, 6.07) is 2.61. The van der Waals surface area contributed by atoms with Crippen LogP contribution in [0.15, 0.2) is 18.5 Å². The van der Waals surface area contributed by atoms with Crippen molar-refractivity contribution in [2.45, 2.75) is 45.4 Å². The molecule has 4 nitrogen and oxygen atoms in total. The van der Waals surface area contributed by atoms with E-state index in [1.165, 1.54) is 17.7 Å². The second-order valence-electron chi connectivity index (χ2n) is 5.49. The molecule has 0 saturated carbocycles. The van der Waals surface area contributed by atoms with Crippen molar-refractivity contribution in [3.05, 3.63) is 24.0 Å². The van der Waals surface area contributed by atoms with Gasteiger partial charge in [-0.25, -0.2) is 0 Å². The van der Waals surface area contributed by atoms with Crippen LogP contribution < -0.4 is 10.2 Å². The molecular weight excluding hydrogens is 238 g/mol. The molecule has 2 rings (SSSR count). The van der Waals surface area contributed by atoms with Gasteiger partial charge in [-0.05, 0) is 18.9 Å². The maximum absolute atomic E-state index is 5.51. The number of hydrogen-bond acceptors (Lipinski definition) is 4. The third-order valence-electron chi connectivity index (χ3n) is 3.63. The van der Waals surface area contributed by atoms with Gasteiger partial charge >= 0.3 is 0 Å². The molecule has 0 aliphatic carbocycles. The molecule has 1 atom stereocenters. The van der Waals surface area contributed by atoms with E-state index in [-0.39, 0.29) is 0 Å². The van der Waals surface area contributed by atoms with Crippen molar-refractivity contribution in [3.8, 4) is 0 Å². The van der Waals surface area contributed by atoms with E-state index < -0.39 is 0 Å². The van der Waals surface area contributed by atoms with Crippen molar-refractivity contribution in [2.75, 3.05) is 25.1 Å². The van der Waals surface area contributed by atoms with Crippen LogP contribution in [-0.4, -0.2) is 37.3 Å².